The average Bonchev–Trinajstić information content (AvgIpc) is 2.55. The van der Waals surface area contributed by atoms with E-state index in [1.165, 1.54) is 6.20 Å². The third-order valence-corrected chi connectivity index (χ3v) is 3.84. The maximum absolute atomic E-state index is 9.87. The Balaban J connectivity index is 2.10. The molecule has 0 unspecified atom stereocenters. The molecule has 0 saturated carbocycles. The first-order chi connectivity index (χ1) is 10.9. The summed E-state index contributed by atoms with van der Waals surface area (Å²) in [6.07, 6.45) is -5.47. The Bertz CT molecular complexity index is 538. The smallest absolute Gasteiger partial charge is 0.187 e. The summed E-state index contributed by atoms with van der Waals surface area (Å²) in [6, 6.07) is 0. The maximum Gasteiger partial charge on any atom is 0.187 e. The van der Waals surface area contributed by atoms with Crippen LogP contribution in [0.1, 0.15) is 16.8 Å². The van der Waals surface area contributed by atoms with Crippen LogP contribution in [-0.2, 0) is 22.7 Å². The van der Waals surface area contributed by atoms with E-state index in [0.717, 1.165) is 0 Å². The number of nitrogens with zero attached hydrogens (tertiary/aromatic N) is 1. The highest BCUT2D eigenvalue weighted by atomic mass is 16.7. The van der Waals surface area contributed by atoms with Crippen LogP contribution in [0.3, 0.4) is 0 Å². The number of hydrogen-bond donors (Lipinski definition) is 6. The minimum absolute atomic E-state index is 0.151. The number of pyridine rings is 1. The average molecular weight is 331 g/mol. The summed E-state index contributed by atoms with van der Waals surface area (Å²) in [5.41, 5.74) is 0.972. The first-order valence-electron chi connectivity index (χ1n) is 7.10. The highest BCUT2D eigenvalue weighted by Crippen LogP contribution is 2.26. The zero-order valence-corrected chi connectivity index (χ0v) is 12.5. The lowest BCUT2D eigenvalue weighted by Gasteiger charge is -2.39. The largest absolute Gasteiger partial charge is 0.506 e. The molecular formula is C14H21NO8. The second-order valence-electron chi connectivity index (χ2n) is 5.36. The van der Waals surface area contributed by atoms with Gasteiger partial charge in [-0.25, -0.2) is 0 Å². The van der Waals surface area contributed by atoms with Crippen LogP contribution < -0.4 is 0 Å². The topological polar surface area (TPSA) is 153 Å². The van der Waals surface area contributed by atoms with E-state index >= 15 is 0 Å². The molecular weight excluding hydrogens is 310 g/mol. The molecule has 5 atom stereocenters. The predicted octanol–water partition coefficient (Wildman–Crippen LogP) is -2.10. The Kier molecular flexibility index (Phi) is 5.87. The fraction of sp³-hybridized carbons (Fsp3) is 0.643. The van der Waals surface area contributed by atoms with Crippen molar-refractivity contribution in [3.63, 3.8) is 0 Å². The molecule has 1 aromatic rings. The van der Waals surface area contributed by atoms with Gasteiger partial charge in [0.05, 0.1) is 25.5 Å². The van der Waals surface area contributed by atoms with E-state index in [0.29, 0.717) is 11.3 Å². The molecule has 23 heavy (non-hydrogen) atoms. The van der Waals surface area contributed by atoms with Crippen molar-refractivity contribution in [3.05, 3.63) is 23.0 Å². The Labute approximate surface area is 132 Å². The van der Waals surface area contributed by atoms with Crippen molar-refractivity contribution in [2.24, 2.45) is 0 Å². The lowest BCUT2D eigenvalue weighted by Crippen LogP contribution is -2.59. The molecule has 1 aromatic heterocycles. The lowest BCUT2D eigenvalue weighted by molar-refractivity contribution is -0.304. The Morgan fingerprint density at radius 1 is 1.17 bits per heavy atom. The summed E-state index contributed by atoms with van der Waals surface area (Å²) in [5, 5.41) is 57.5. The monoisotopic (exact) mass is 331 g/mol. The van der Waals surface area contributed by atoms with Gasteiger partial charge in [0.2, 0.25) is 0 Å². The van der Waals surface area contributed by atoms with Crippen LogP contribution in [0.25, 0.3) is 0 Å². The van der Waals surface area contributed by atoms with Crippen molar-refractivity contribution in [1.29, 1.82) is 0 Å². The van der Waals surface area contributed by atoms with Gasteiger partial charge in [-0.3, -0.25) is 4.98 Å². The van der Waals surface area contributed by atoms with Crippen LogP contribution >= 0.6 is 0 Å². The minimum atomic E-state index is -1.53. The normalized spacial score (nSPS) is 31.3. The van der Waals surface area contributed by atoms with Crippen LogP contribution in [0.4, 0.5) is 0 Å². The number of ether oxygens (including phenoxy) is 2. The highest BCUT2D eigenvalue weighted by Gasteiger charge is 2.44. The van der Waals surface area contributed by atoms with Gasteiger partial charge in [0.25, 0.3) is 0 Å². The van der Waals surface area contributed by atoms with Gasteiger partial charge in [0.1, 0.15) is 30.2 Å². The number of rotatable bonds is 5. The van der Waals surface area contributed by atoms with Gasteiger partial charge in [-0.15, -0.1) is 0 Å². The molecule has 6 N–H and O–H groups in total. The van der Waals surface area contributed by atoms with E-state index in [9.17, 15) is 25.5 Å². The molecule has 2 rings (SSSR count). The van der Waals surface area contributed by atoms with E-state index in [1.807, 2.05) is 0 Å². The van der Waals surface area contributed by atoms with Crippen molar-refractivity contribution >= 4 is 0 Å². The Hall–Kier alpha value is -1.33. The summed E-state index contributed by atoms with van der Waals surface area (Å²) >= 11 is 0. The molecule has 1 fully saturated rings. The SMILES string of the molecule is Cc1ncc(CO[C@H]2O[C@H](CO)[C@@H](O)[C@H](O)[C@@H]2O)c(CO)c1O. The molecule has 0 radical (unpaired) electrons. The summed E-state index contributed by atoms with van der Waals surface area (Å²) in [4.78, 5) is 3.95. The van der Waals surface area contributed by atoms with Gasteiger partial charge in [-0.1, -0.05) is 0 Å². The highest BCUT2D eigenvalue weighted by molar-refractivity contribution is 5.39. The summed E-state index contributed by atoms with van der Waals surface area (Å²) in [6.45, 7) is 0.429. The zero-order chi connectivity index (χ0) is 17.1. The molecule has 0 bridgehead atoms. The van der Waals surface area contributed by atoms with Crippen LogP contribution in [-0.4, -0.2) is 72.9 Å². The van der Waals surface area contributed by atoms with Crippen LogP contribution in [0, 0.1) is 6.92 Å². The van der Waals surface area contributed by atoms with Crippen LogP contribution in [0.2, 0.25) is 0 Å². The van der Waals surface area contributed by atoms with Gasteiger partial charge < -0.3 is 40.1 Å². The minimum Gasteiger partial charge on any atom is -0.506 e. The third kappa shape index (κ3) is 3.61. The molecule has 1 aliphatic rings. The molecule has 2 heterocycles. The predicted molar refractivity (Wildman–Crippen MR) is 75.1 cm³/mol. The molecule has 0 aliphatic carbocycles. The number of aliphatic hydroxyl groups excluding tert-OH is 5. The second-order valence-corrected chi connectivity index (χ2v) is 5.36. The van der Waals surface area contributed by atoms with Crippen molar-refractivity contribution < 1.29 is 40.1 Å². The number of aromatic hydroxyl groups is 1. The Morgan fingerprint density at radius 3 is 2.48 bits per heavy atom. The first-order valence-corrected chi connectivity index (χ1v) is 7.10. The number of aromatic nitrogens is 1. The summed E-state index contributed by atoms with van der Waals surface area (Å²) in [7, 11) is 0. The zero-order valence-electron chi connectivity index (χ0n) is 12.5. The molecule has 130 valence electrons. The quantitative estimate of drug-likeness (QED) is 0.356. The van der Waals surface area contributed by atoms with Crippen molar-refractivity contribution in [2.45, 2.75) is 50.8 Å². The van der Waals surface area contributed by atoms with Gasteiger partial charge in [-0.05, 0) is 6.92 Å². The number of aliphatic hydroxyl groups is 5. The molecule has 9 heteroatoms. The van der Waals surface area contributed by atoms with Crippen LogP contribution in [0.15, 0.2) is 6.20 Å². The molecule has 1 aliphatic heterocycles. The van der Waals surface area contributed by atoms with Gasteiger partial charge >= 0.3 is 0 Å². The van der Waals surface area contributed by atoms with Crippen LogP contribution in [0.5, 0.6) is 5.75 Å². The van der Waals surface area contributed by atoms with E-state index in [4.69, 9.17) is 14.6 Å². The van der Waals surface area contributed by atoms with Gasteiger partial charge in [0.15, 0.2) is 6.29 Å². The fourth-order valence-corrected chi connectivity index (χ4v) is 2.36. The van der Waals surface area contributed by atoms with E-state index < -0.39 is 43.9 Å². The number of aryl methyl sites for hydroxylation is 1. The van der Waals surface area contributed by atoms with Crippen molar-refractivity contribution in [1.82, 2.24) is 4.98 Å². The maximum atomic E-state index is 9.87. The standard InChI is InChI=1S/C14H21NO8/c1-6-10(18)8(3-16)7(2-15-6)5-22-14-13(21)12(20)11(19)9(4-17)23-14/h2,9,11-14,16-21H,3-5H2,1H3/t9-,11-,12+,13+,14+/m1/s1. The third-order valence-electron chi connectivity index (χ3n) is 3.84. The summed E-state index contributed by atoms with van der Waals surface area (Å²) < 4.78 is 10.6. The Morgan fingerprint density at radius 2 is 1.87 bits per heavy atom. The van der Waals surface area contributed by atoms with Crippen molar-refractivity contribution in [2.75, 3.05) is 6.61 Å². The number of hydrogen-bond acceptors (Lipinski definition) is 9. The van der Waals surface area contributed by atoms with E-state index in [2.05, 4.69) is 4.98 Å². The fourth-order valence-electron chi connectivity index (χ4n) is 2.36. The van der Waals surface area contributed by atoms with E-state index in [-0.39, 0.29) is 17.9 Å². The molecule has 1 saturated heterocycles. The molecule has 9 nitrogen and oxygen atoms in total. The molecule has 0 spiro atoms. The van der Waals surface area contributed by atoms with Crippen molar-refractivity contribution in [3.8, 4) is 5.75 Å². The van der Waals surface area contributed by atoms with Gasteiger partial charge in [-0.2, -0.15) is 0 Å². The lowest BCUT2D eigenvalue weighted by atomic mass is 9.99. The second kappa shape index (κ2) is 7.49. The van der Waals surface area contributed by atoms with E-state index in [1.54, 1.807) is 6.92 Å². The molecule has 0 amide bonds. The summed E-state index contributed by atoms with van der Waals surface area (Å²) in [5.74, 6) is -0.151. The first kappa shape index (κ1) is 18.0. The van der Waals surface area contributed by atoms with Gasteiger partial charge in [0, 0.05) is 17.3 Å². The molecule has 0 aromatic carbocycles.